The van der Waals surface area contributed by atoms with Gasteiger partial charge in [-0.1, -0.05) is 23.7 Å². The van der Waals surface area contributed by atoms with Gasteiger partial charge in [-0.05, 0) is 38.3 Å². The van der Waals surface area contributed by atoms with E-state index in [9.17, 15) is 4.79 Å². The lowest BCUT2D eigenvalue weighted by atomic mass is 10.2. The Morgan fingerprint density at radius 2 is 2.14 bits per heavy atom. The quantitative estimate of drug-likeness (QED) is 0.844. The molecule has 3 rings (SSSR count). The second kappa shape index (κ2) is 6.59. The molecule has 1 amide bonds. The summed E-state index contributed by atoms with van der Waals surface area (Å²) in [6.07, 6.45) is 3.74. The van der Waals surface area contributed by atoms with E-state index in [-0.39, 0.29) is 11.2 Å². The minimum atomic E-state index is -0.125. The number of halogens is 1. The summed E-state index contributed by atoms with van der Waals surface area (Å²) >= 11 is 7.67. The lowest BCUT2D eigenvalue weighted by Gasteiger charge is -2.18. The number of rotatable bonds is 5. The van der Waals surface area contributed by atoms with Crippen LogP contribution in [0.25, 0.3) is 0 Å². The zero-order valence-corrected chi connectivity index (χ0v) is 13.8. The number of benzene rings is 1. The van der Waals surface area contributed by atoms with Crippen LogP contribution >= 0.6 is 23.4 Å². The van der Waals surface area contributed by atoms with Crippen molar-refractivity contribution in [3.63, 3.8) is 0 Å². The van der Waals surface area contributed by atoms with Gasteiger partial charge < -0.3 is 5.32 Å². The number of amides is 1. The Balaban J connectivity index is 1.49. The molecule has 1 aromatic rings. The lowest BCUT2D eigenvalue weighted by Crippen LogP contribution is -2.41. The second-order valence-electron chi connectivity index (χ2n) is 5.91. The highest BCUT2D eigenvalue weighted by molar-refractivity contribution is 8.00. The minimum Gasteiger partial charge on any atom is -0.351 e. The fourth-order valence-electron chi connectivity index (χ4n) is 2.78. The van der Waals surface area contributed by atoms with Crippen molar-refractivity contribution in [1.82, 2.24) is 10.2 Å². The molecule has 1 saturated heterocycles. The number of likely N-dealkylation sites (tertiary alicyclic amines) is 1. The van der Waals surface area contributed by atoms with E-state index in [4.69, 9.17) is 11.6 Å². The van der Waals surface area contributed by atoms with Crippen molar-refractivity contribution in [1.29, 1.82) is 0 Å². The highest BCUT2D eigenvalue weighted by atomic mass is 35.5. The van der Waals surface area contributed by atoms with E-state index < -0.39 is 0 Å². The molecular formula is C16H21ClN2OS. The van der Waals surface area contributed by atoms with Gasteiger partial charge in [0.05, 0.1) is 10.3 Å². The highest BCUT2D eigenvalue weighted by Gasteiger charge is 2.35. The number of nitrogens with one attached hydrogen (secondary N) is 1. The standard InChI is InChI=1S/C16H21ClN2OS/c1-11(21-15-5-3-2-4-14(15)17)16(20)18-12-8-9-19(10-12)13-6-7-13/h2-5,11-13H,6-10H2,1H3,(H,18,20)/t11-,12-/m1/s1. The van der Waals surface area contributed by atoms with E-state index in [0.717, 1.165) is 30.4 Å². The molecular weight excluding hydrogens is 304 g/mol. The van der Waals surface area contributed by atoms with Crippen LogP contribution in [0.2, 0.25) is 5.02 Å². The highest BCUT2D eigenvalue weighted by Crippen LogP contribution is 2.31. The van der Waals surface area contributed by atoms with Crippen LogP contribution in [0, 0.1) is 0 Å². The molecule has 0 unspecified atom stereocenters. The van der Waals surface area contributed by atoms with E-state index in [0.29, 0.717) is 11.1 Å². The summed E-state index contributed by atoms with van der Waals surface area (Å²) in [4.78, 5) is 15.8. The molecule has 1 aliphatic heterocycles. The van der Waals surface area contributed by atoms with E-state index in [1.54, 1.807) is 0 Å². The molecule has 0 aromatic heterocycles. The second-order valence-corrected chi connectivity index (χ2v) is 7.70. The van der Waals surface area contributed by atoms with Crippen LogP contribution in [-0.4, -0.2) is 41.2 Å². The number of nitrogens with zero attached hydrogens (tertiary/aromatic N) is 1. The van der Waals surface area contributed by atoms with Gasteiger partial charge >= 0.3 is 0 Å². The van der Waals surface area contributed by atoms with Crippen LogP contribution in [0.5, 0.6) is 0 Å². The Morgan fingerprint density at radius 1 is 1.38 bits per heavy atom. The first-order valence-electron chi connectivity index (χ1n) is 7.59. The van der Waals surface area contributed by atoms with Gasteiger partial charge in [0.25, 0.3) is 0 Å². The third kappa shape index (κ3) is 3.93. The largest absolute Gasteiger partial charge is 0.351 e. The smallest absolute Gasteiger partial charge is 0.233 e. The molecule has 114 valence electrons. The van der Waals surface area contributed by atoms with Gasteiger partial charge in [0.15, 0.2) is 0 Å². The fourth-order valence-corrected chi connectivity index (χ4v) is 3.94. The summed E-state index contributed by atoms with van der Waals surface area (Å²) in [5.41, 5.74) is 0. The minimum absolute atomic E-state index is 0.113. The van der Waals surface area contributed by atoms with Crippen molar-refractivity contribution in [2.24, 2.45) is 0 Å². The summed E-state index contributed by atoms with van der Waals surface area (Å²) in [5.74, 6) is 0.113. The summed E-state index contributed by atoms with van der Waals surface area (Å²) in [6.45, 7) is 4.08. The van der Waals surface area contributed by atoms with Crippen LogP contribution in [-0.2, 0) is 4.79 Å². The summed E-state index contributed by atoms with van der Waals surface area (Å²) in [5, 5.41) is 3.77. The van der Waals surface area contributed by atoms with Crippen molar-refractivity contribution in [2.75, 3.05) is 13.1 Å². The molecule has 5 heteroatoms. The summed E-state index contributed by atoms with van der Waals surface area (Å²) in [6, 6.07) is 8.78. The maximum atomic E-state index is 12.3. The molecule has 0 radical (unpaired) electrons. The molecule has 2 fully saturated rings. The molecule has 2 aliphatic rings. The fraction of sp³-hybridized carbons (Fsp3) is 0.562. The molecule has 2 atom stereocenters. The Bertz CT molecular complexity index is 521. The van der Waals surface area contributed by atoms with Crippen LogP contribution < -0.4 is 5.32 Å². The van der Waals surface area contributed by atoms with Crippen LogP contribution in [0.4, 0.5) is 0 Å². The van der Waals surface area contributed by atoms with E-state index in [1.165, 1.54) is 24.6 Å². The Labute approximate surface area is 135 Å². The first kappa shape index (κ1) is 15.2. The molecule has 1 heterocycles. The van der Waals surface area contributed by atoms with Gasteiger partial charge in [-0.15, -0.1) is 11.8 Å². The molecule has 0 bridgehead atoms. The number of carbonyl (C=O) groups excluding carboxylic acids is 1. The Morgan fingerprint density at radius 3 is 2.86 bits per heavy atom. The van der Waals surface area contributed by atoms with Crippen LogP contribution in [0.1, 0.15) is 26.2 Å². The van der Waals surface area contributed by atoms with Gasteiger partial charge in [0.1, 0.15) is 0 Å². The van der Waals surface area contributed by atoms with E-state index >= 15 is 0 Å². The predicted octanol–water partition coefficient (Wildman–Crippen LogP) is 3.17. The monoisotopic (exact) mass is 324 g/mol. The topological polar surface area (TPSA) is 32.3 Å². The van der Waals surface area contributed by atoms with Gasteiger partial charge in [-0.25, -0.2) is 0 Å². The number of thioether (sulfide) groups is 1. The maximum Gasteiger partial charge on any atom is 0.233 e. The van der Waals surface area contributed by atoms with Crippen molar-refractivity contribution in [3.8, 4) is 0 Å². The zero-order chi connectivity index (χ0) is 14.8. The van der Waals surface area contributed by atoms with Gasteiger partial charge in [-0.2, -0.15) is 0 Å². The molecule has 1 saturated carbocycles. The third-order valence-electron chi connectivity index (χ3n) is 4.14. The summed E-state index contributed by atoms with van der Waals surface area (Å²) < 4.78 is 0. The first-order valence-corrected chi connectivity index (χ1v) is 8.85. The van der Waals surface area contributed by atoms with Crippen LogP contribution in [0.3, 0.4) is 0 Å². The van der Waals surface area contributed by atoms with Gasteiger partial charge in [-0.3, -0.25) is 9.69 Å². The Hall–Kier alpha value is -0.710. The van der Waals surface area contributed by atoms with Crippen LogP contribution in [0.15, 0.2) is 29.2 Å². The molecule has 1 aliphatic carbocycles. The summed E-state index contributed by atoms with van der Waals surface area (Å²) in [7, 11) is 0. The van der Waals surface area contributed by atoms with Gasteiger partial charge in [0.2, 0.25) is 5.91 Å². The first-order chi connectivity index (χ1) is 10.1. The molecule has 1 aromatic carbocycles. The van der Waals surface area contributed by atoms with Gasteiger partial charge in [0, 0.05) is 30.1 Å². The molecule has 3 nitrogen and oxygen atoms in total. The normalized spacial score (nSPS) is 24.0. The predicted molar refractivity (Wildman–Crippen MR) is 87.9 cm³/mol. The zero-order valence-electron chi connectivity index (χ0n) is 12.2. The molecule has 1 N–H and O–H groups in total. The average molecular weight is 325 g/mol. The maximum absolute atomic E-state index is 12.3. The third-order valence-corrected chi connectivity index (χ3v) is 5.76. The lowest BCUT2D eigenvalue weighted by molar-refractivity contribution is -0.120. The molecule has 0 spiro atoms. The Kier molecular flexibility index (Phi) is 4.77. The van der Waals surface area contributed by atoms with E-state index in [1.807, 2.05) is 31.2 Å². The van der Waals surface area contributed by atoms with Crippen molar-refractivity contribution >= 4 is 29.3 Å². The molecule has 21 heavy (non-hydrogen) atoms. The number of hydrogen-bond donors (Lipinski definition) is 1. The SMILES string of the molecule is C[C@@H](Sc1ccccc1Cl)C(=O)N[C@@H]1CCN(C2CC2)C1. The van der Waals surface area contributed by atoms with Crippen molar-refractivity contribution < 1.29 is 4.79 Å². The number of hydrogen-bond acceptors (Lipinski definition) is 3. The van der Waals surface area contributed by atoms with Crippen molar-refractivity contribution in [3.05, 3.63) is 29.3 Å². The average Bonchev–Trinajstić information content (AvgIpc) is 3.22. The van der Waals surface area contributed by atoms with Crippen molar-refractivity contribution in [2.45, 2.75) is 48.4 Å². The number of carbonyl (C=O) groups is 1. The van der Waals surface area contributed by atoms with E-state index in [2.05, 4.69) is 10.2 Å².